The van der Waals surface area contributed by atoms with Gasteiger partial charge in [0.15, 0.2) is 23.2 Å². The number of thioether (sulfide) groups is 1. The Kier molecular flexibility index (Phi) is 4.68. The molecule has 4 rings (SSSR count). The van der Waals surface area contributed by atoms with Crippen molar-refractivity contribution in [1.29, 1.82) is 0 Å². The average molecular weight is 425 g/mol. The number of hydrogen-bond donors (Lipinski definition) is 3. The second-order valence-corrected chi connectivity index (χ2v) is 9.30. The number of halogens is 1. The maximum absolute atomic E-state index is 11.5. The molecule has 1 aliphatic heterocycles. The van der Waals surface area contributed by atoms with E-state index in [2.05, 4.69) is 25.5 Å². The fourth-order valence-corrected chi connectivity index (χ4v) is 4.65. The molecule has 3 aromatic rings. The van der Waals surface area contributed by atoms with Gasteiger partial charge in [-0.05, 0) is 18.6 Å². The summed E-state index contributed by atoms with van der Waals surface area (Å²) in [7, 11) is -3.64. The van der Waals surface area contributed by atoms with E-state index in [1.807, 2.05) is 0 Å². The third kappa shape index (κ3) is 3.86. The summed E-state index contributed by atoms with van der Waals surface area (Å²) in [5.74, 6) is 1.84. The fourth-order valence-electron chi connectivity index (χ4n) is 2.42. The molecule has 0 saturated carbocycles. The predicted octanol–water partition coefficient (Wildman–Crippen LogP) is 2.95. The van der Waals surface area contributed by atoms with Gasteiger partial charge in [0.2, 0.25) is 10.0 Å². The van der Waals surface area contributed by atoms with Crippen molar-refractivity contribution in [3.63, 3.8) is 0 Å². The highest BCUT2D eigenvalue weighted by atomic mass is 35.5. The minimum atomic E-state index is -3.64. The Morgan fingerprint density at radius 3 is 3.00 bits per heavy atom. The Labute approximate surface area is 163 Å². The molecule has 0 fully saturated rings. The second-order valence-electron chi connectivity index (χ2n) is 5.60. The smallest absolute Gasteiger partial charge is 0.222 e. The number of rotatable bonds is 5. The summed E-state index contributed by atoms with van der Waals surface area (Å²) in [5, 5.41) is 15.5. The van der Waals surface area contributed by atoms with Crippen molar-refractivity contribution in [3.05, 3.63) is 47.6 Å². The van der Waals surface area contributed by atoms with Crippen LogP contribution in [-0.2, 0) is 10.0 Å². The molecule has 0 aliphatic carbocycles. The third-order valence-electron chi connectivity index (χ3n) is 3.70. The molecule has 140 valence electrons. The Bertz CT molecular complexity index is 1110. The molecule has 27 heavy (non-hydrogen) atoms. The Hall–Kier alpha value is -2.34. The van der Waals surface area contributed by atoms with Gasteiger partial charge in [0.05, 0.1) is 12.5 Å². The van der Waals surface area contributed by atoms with E-state index in [1.54, 1.807) is 30.5 Å². The van der Waals surface area contributed by atoms with Crippen LogP contribution in [0, 0.1) is 0 Å². The molecular formula is C15H13ClN6O3S2. The van der Waals surface area contributed by atoms with E-state index in [-0.39, 0.29) is 0 Å². The van der Waals surface area contributed by atoms with Crippen LogP contribution in [0.5, 0.6) is 0 Å². The Balaban J connectivity index is 1.55. The minimum absolute atomic E-state index is 0.299. The molecule has 1 aliphatic rings. The summed E-state index contributed by atoms with van der Waals surface area (Å²) < 4.78 is 27.6. The first-order valence-corrected chi connectivity index (χ1v) is 10.5. The number of nitrogens with one attached hydrogen (secondary N) is 2. The number of anilines is 2. The zero-order chi connectivity index (χ0) is 19.0. The number of aromatic nitrogens is 4. The molecule has 0 aromatic carbocycles. The van der Waals surface area contributed by atoms with E-state index in [4.69, 9.17) is 21.2 Å². The van der Waals surface area contributed by atoms with E-state index < -0.39 is 14.6 Å². The summed E-state index contributed by atoms with van der Waals surface area (Å²) in [6.07, 6.45) is 5.06. The Morgan fingerprint density at radius 2 is 2.30 bits per heavy atom. The van der Waals surface area contributed by atoms with Gasteiger partial charge in [-0.1, -0.05) is 17.7 Å². The minimum Gasteiger partial charge on any atom is -0.463 e. The molecule has 1 unspecified atom stereocenters. The van der Waals surface area contributed by atoms with Gasteiger partial charge in [-0.3, -0.25) is 5.10 Å². The van der Waals surface area contributed by atoms with Crippen LogP contribution in [0.3, 0.4) is 0 Å². The molecule has 12 heteroatoms. The monoisotopic (exact) mass is 424 g/mol. The SMILES string of the molecule is NS(=O)(=O)C1CC=C(c2ncc(Cl)c(Nc3cc(-c4ccco4)[nH]n3)n2)S1. The first kappa shape index (κ1) is 18.0. The maximum Gasteiger partial charge on any atom is 0.222 e. The number of aromatic amines is 1. The summed E-state index contributed by atoms with van der Waals surface area (Å²) in [6, 6.07) is 5.33. The molecule has 0 spiro atoms. The van der Waals surface area contributed by atoms with Crippen LogP contribution in [0.2, 0.25) is 5.02 Å². The molecule has 3 aromatic heterocycles. The normalized spacial score (nSPS) is 17.1. The number of sulfonamides is 1. The van der Waals surface area contributed by atoms with Crippen LogP contribution in [0.1, 0.15) is 12.2 Å². The molecule has 0 amide bonds. The number of allylic oxidation sites excluding steroid dienone is 1. The number of furan rings is 1. The van der Waals surface area contributed by atoms with Crippen molar-refractivity contribution in [2.45, 2.75) is 11.0 Å². The number of primary sulfonamides is 1. The van der Waals surface area contributed by atoms with Gasteiger partial charge in [-0.25, -0.2) is 23.5 Å². The van der Waals surface area contributed by atoms with Gasteiger partial charge in [-0.2, -0.15) is 5.10 Å². The van der Waals surface area contributed by atoms with Gasteiger partial charge in [0.1, 0.15) is 15.3 Å². The molecule has 0 bridgehead atoms. The standard InChI is InChI=1S/C15H13ClN6O3S2/c16-8-7-18-15(11-3-4-13(26-11)27(17,23)24)20-14(8)19-12-6-9(21-22-12)10-2-1-5-25-10/h1-3,5-7,13H,4H2,(H2,17,23,24)(H2,18,19,20,21,22). The number of nitrogens with two attached hydrogens (primary N) is 1. The van der Waals surface area contributed by atoms with Crippen molar-refractivity contribution in [3.8, 4) is 11.5 Å². The van der Waals surface area contributed by atoms with E-state index in [1.165, 1.54) is 6.20 Å². The highest BCUT2D eigenvalue weighted by Crippen LogP contribution is 2.40. The lowest BCUT2D eigenvalue weighted by Gasteiger charge is -2.09. The quantitative estimate of drug-likeness (QED) is 0.567. The lowest BCUT2D eigenvalue weighted by Crippen LogP contribution is -2.23. The molecule has 4 N–H and O–H groups in total. The number of hydrogen-bond acceptors (Lipinski definition) is 8. The first-order chi connectivity index (χ1) is 12.9. The zero-order valence-electron chi connectivity index (χ0n) is 13.6. The van der Waals surface area contributed by atoms with Crippen molar-refractivity contribution in [1.82, 2.24) is 20.2 Å². The highest BCUT2D eigenvalue weighted by Gasteiger charge is 2.29. The fraction of sp³-hybridized carbons (Fsp3) is 0.133. The van der Waals surface area contributed by atoms with Gasteiger partial charge >= 0.3 is 0 Å². The second kappa shape index (κ2) is 7.00. The lowest BCUT2D eigenvalue weighted by molar-refractivity contribution is 0.580. The van der Waals surface area contributed by atoms with E-state index in [9.17, 15) is 8.42 Å². The van der Waals surface area contributed by atoms with Crippen LogP contribution in [0.4, 0.5) is 11.6 Å². The first-order valence-electron chi connectivity index (χ1n) is 7.68. The molecule has 1 atom stereocenters. The van der Waals surface area contributed by atoms with Gasteiger partial charge in [-0.15, -0.1) is 11.8 Å². The molecule has 0 radical (unpaired) electrons. The van der Waals surface area contributed by atoms with Crippen LogP contribution in [0.25, 0.3) is 16.4 Å². The largest absolute Gasteiger partial charge is 0.463 e. The third-order valence-corrected chi connectivity index (χ3v) is 7.05. The lowest BCUT2D eigenvalue weighted by atomic mass is 10.3. The number of nitrogens with zero attached hydrogens (tertiary/aromatic N) is 3. The van der Waals surface area contributed by atoms with E-state index in [0.717, 1.165) is 11.8 Å². The summed E-state index contributed by atoms with van der Waals surface area (Å²) in [6.45, 7) is 0. The molecule has 0 saturated heterocycles. The van der Waals surface area contributed by atoms with Crippen LogP contribution in [-0.4, -0.2) is 33.2 Å². The molecule has 9 nitrogen and oxygen atoms in total. The average Bonchev–Trinajstić information content (AvgIpc) is 3.37. The van der Waals surface area contributed by atoms with Crippen molar-refractivity contribution >= 4 is 49.9 Å². The topological polar surface area (TPSA) is 140 Å². The molecule has 4 heterocycles. The maximum atomic E-state index is 11.5. The van der Waals surface area contributed by atoms with Crippen molar-refractivity contribution in [2.75, 3.05) is 5.32 Å². The molecular weight excluding hydrogens is 412 g/mol. The predicted molar refractivity (Wildman–Crippen MR) is 104 cm³/mol. The van der Waals surface area contributed by atoms with Crippen LogP contribution >= 0.6 is 23.4 Å². The summed E-state index contributed by atoms with van der Waals surface area (Å²) >= 11 is 7.29. The van der Waals surface area contributed by atoms with Crippen LogP contribution < -0.4 is 10.5 Å². The van der Waals surface area contributed by atoms with Gasteiger partial charge in [0, 0.05) is 11.0 Å². The summed E-state index contributed by atoms with van der Waals surface area (Å²) in [4.78, 5) is 9.19. The Morgan fingerprint density at radius 1 is 1.44 bits per heavy atom. The summed E-state index contributed by atoms with van der Waals surface area (Å²) in [5.41, 5.74) is 0.693. The van der Waals surface area contributed by atoms with Crippen LogP contribution in [0.15, 0.2) is 41.2 Å². The highest BCUT2D eigenvalue weighted by molar-refractivity contribution is 8.18. The van der Waals surface area contributed by atoms with E-state index in [0.29, 0.717) is 45.3 Å². The zero-order valence-corrected chi connectivity index (χ0v) is 16.0. The van der Waals surface area contributed by atoms with E-state index >= 15 is 0 Å². The van der Waals surface area contributed by atoms with Crippen molar-refractivity contribution in [2.24, 2.45) is 5.14 Å². The van der Waals surface area contributed by atoms with Gasteiger partial charge < -0.3 is 9.73 Å². The van der Waals surface area contributed by atoms with Gasteiger partial charge in [0.25, 0.3) is 0 Å². The van der Waals surface area contributed by atoms with Crippen molar-refractivity contribution < 1.29 is 12.8 Å². The number of H-pyrrole nitrogens is 1.